The highest BCUT2D eigenvalue weighted by Gasteiger charge is 2.33. The molecule has 0 radical (unpaired) electrons. The molecule has 0 aliphatic carbocycles. The van der Waals surface area contributed by atoms with Crippen molar-refractivity contribution in [3.8, 4) is 11.1 Å². The van der Waals surface area contributed by atoms with E-state index < -0.39 is 39.3 Å². The van der Waals surface area contributed by atoms with Crippen LogP contribution in [-0.2, 0) is 0 Å². The van der Waals surface area contributed by atoms with Gasteiger partial charge in [0.25, 0.3) is 0 Å². The third-order valence-electron chi connectivity index (χ3n) is 9.04. The van der Waals surface area contributed by atoms with Crippen molar-refractivity contribution in [2.75, 3.05) is 0 Å². The second kappa shape index (κ2) is 12.0. The first-order valence-corrected chi connectivity index (χ1v) is 19.7. The minimum absolute atomic E-state index is 0.181. The molecular weight excluding hydrogens is 497 g/mol. The number of hydrogen-bond acceptors (Lipinski definition) is 0. The Hall–Kier alpha value is -1.05. The fourth-order valence-corrected chi connectivity index (χ4v) is 14.3. The molecule has 0 atom stereocenters. The van der Waals surface area contributed by atoms with Gasteiger partial charge in [0.05, 0.1) is 8.07 Å². The van der Waals surface area contributed by atoms with Gasteiger partial charge in [-0.05, 0) is 54.0 Å². The molecule has 4 rings (SSSR count). The predicted octanol–water partition coefficient (Wildman–Crippen LogP) is 10.2. The topological polar surface area (TPSA) is 0 Å². The number of benzene rings is 2. The Morgan fingerprint density at radius 3 is 2.20 bits per heavy atom. The molecular formula is C29H40ClF3Si2. The van der Waals surface area contributed by atoms with E-state index in [2.05, 4.69) is 13.5 Å². The van der Waals surface area contributed by atoms with Gasteiger partial charge in [0.2, 0.25) is 0 Å². The molecule has 2 saturated heterocycles. The Bertz CT molecular complexity index is 972. The normalized spacial score (nSPS) is 27.2. The first kappa shape index (κ1) is 27.0. The van der Waals surface area contributed by atoms with E-state index in [1.165, 1.54) is 50.2 Å². The molecule has 0 saturated carbocycles. The number of rotatable bonds is 8. The average Bonchev–Trinajstić information content (AvgIpc) is 2.86. The van der Waals surface area contributed by atoms with Gasteiger partial charge in [0.15, 0.2) is 0 Å². The van der Waals surface area contributed by atoms with Crippen molar-refractivity contribution in [3.05, 3.63) is 58.4 Å². The van der Waals surface area contributed by atoms with Crippen LogP contribution in [0.2, 0.25) is 47.8 Å². The Balaban J connectivity index is 1.26. The molecule has 0 unspecified atom stereocenters. The predicted molar refractivity (Wildman–Crippen MR) is 149 cm³/mol. The highest BCUT2D eigenvalue weighted by atomic mass is 35.5. The zero-order valence-electron chi connectivity index (χ0n) is 21.3. The van der Waals surface area contributed by atoms with Gasteiger partial charge in [-0.1, -0.05) is 106 Å². The minimum Gasteiger partial charge on any atom is -0.206 e. The van der Waals surface area contributed by atoms with E-state index in [0.29, 0.717) is 5.92 Å². The van der Waals surface area contributed by atoms with E-state index in [1.807, 2.05) is 6.07 Å². The fraction of sp³-hybridized carbons (Fsp3) is 0.586. The first-order chi connectivity index (χ1) is 16.8. The SMILES string of the molecule is CCCC[Si@]1(C)CC[C@@H](CC[SiH]2CCC(c3ccc(-c4cc(F)c(Cl)c(F)c4)c(F)c3)CC2)CC1. The summed E-state index contributed by atoms with van der Waals surface area (Å²) in [7, 11) is -1.59. The van der Waals surface area contributed by atoms with E-state index in [0.717, 1.165) is 36.5 Å². The Labute approximate surface area is 217 Å². The Kier molecular flexibility index (Phi) is 9.26. The second-order valence-electron chi connectivity index (χ2n) is 11.6. The largest absolute Gasteiger partial charge is 0.206 e. The average molecular weight is 537 g/mol. The van der Waals surface area contributed by atoms with Crippen LogP contribution in [0.3, 0.4) is 0 Å². The van der Waals surface area contributed by atoms with Crippen molar-refractivity contribution in [2.45, 2.75) is 101 Å². The molecule has 2 aliphatic rings. The van der Waals surface area contributed by atoms with Crippen LogP contribution in [0.15, 0.2) is 30.3 Å². The van der Waals surface area contributed by atoms with Gasteiger partial charge < -0.3 is 0 Å². The van der Waals surface area contributed by atoms with Crippen LogP contribution in [0.25, 0.3) is 11.1 Å². The summed E-state index contributed by atoms with van der Waals surface area (Å²) in [5, 5.41) is -0.553. The lowest BCUT2D eigenvalue weighted by molar-refractivity contribution is 0.448. The summed E-state index contributed by atoms with van der Waals surface area (Å²) in [6.45, 7) is 4.97. The lowest BCUT2D eigenvalue weighted by Gasteiger charge is -2.36. The van der Waals surface area contributed by atoms with Crippen molar-refractivity contribution >= 4 is 28.5 Å². The Morgan fingerprint density at radius 1 is 0.943 bits per heavy atom. The molecule has 2 aromatic rings. The summed E-state index contributed by atoms with van der Waals surface area (Å²) >= 11 is 5.57. The summed E-state index contributed by atoms with van der Waals surface area (Å²) in [6, 6.07) is 16.2. The van der Waals surface area contributed by atoms with Gasteiger partial charge in [-0.2, -0.15) is 0 Å². The maximum atomic E-state index is 14.9. The van der Waals surface area contributed by atoms with Gasteiger partial charge in [-0.3, -0.25) is 0 Å². The zero-order chi connectivity index (χ0) is 25.0. The monoisotopic (exact) mass is 536 g/mol. The molecule has 0 N–H and O–H groups in total. The van der Waals surface area contributed by atoms with Crippen LogP contribution in [0, 0.1) is 23.4 Å². The van der Waals surface area contributed by atoms with Crippen molar-refractivity contribution in [2.24, 2.45) is 5.92 Å². The lowest BCUT2D eigenvalue weighted by atomic mass is 9.91. The maximum Gasteiger partial charge on any atom is 0.145 e. The summed E-state index contributed by atoms with van der Waals surface area (Å²) in [5.41, 5.74) is 1.42. The van der Waals surface area contributed by atoms with E-state index in [1.54, 1.807) is 30.3 Å². The molecule has 2 heterocycles. The summed E-state index contributed by atoms with van der Waals surface area (Å²) in [4.78, 5) is 0. The highest BCUT2D eigenvalue weighted by molar-refractivity contribution is 6.78. The van der Waals surface area contributed by atoms with Crippen LogP contribution in [0.5, 0.6) is 0 Å². The molecule has 2 fully saturated rings. The fourth-order valence-electron chi connectivity index (χ4n) is 6.50. The van der Waals surface area contributed by atoms with E-state index in [4.69, 9.17) is 11.6 Å². The summed E-state index contributed by atoms with van der Waals surface area (Å²) in [6.07, 6.45) is 9.54. The van der Waals surface area contributed by atoms with Gasteiger partial charge >= 0.3 is 0 Å². The van der Waals surface area contributed by atoms with Crippen molar-refractivity contribution < 1.29 is 13.2 Å². The highest BCUT2D eigenvalue weighted by Crippen LogP contribution is 2.41. The first-order valence-electron chi connectivity index (χ1n) is 13.7. The molecule has 0 nitrogen and oxygen atoms in total. The zero-order valence-corrected chi connectivity index (χ0v) is 24.2. The lowest BCUT2D eigenvalue weighted by Crippen LogP contribution is -2.35. The second-order valence-corrected chi connectivity index (χ2v) is 20.6. The standard InChI is InChI=1S/C29H40ClF3Si2/c1-3-4-15-35(2)16-10-21(11-17-35)7-12-34-13-8-22(9-14-34)23-5-6-25(26(31)18-23)24-19-27(32)29(30)28(33)20-24/h5-6,18-22,34H,3-4,7-17H2,1-2H3/t21-,22?,34?,35-. The molecule has 0 amide bonds. The molecule has 0 aromatic heterocycles. The van der Waals surface area contributed by atoms with Crippen molar-refractivity contribution in [1.82, 2.24) is 0 Å². The van der Waals surface area contributed by atoms with Crippen LogP contribution in [0.1, 0.15) is 63.4 Å². The van der Waals surface area contributed by atoms with Crippen LogP contribution in [0.4, 0.5) is 13.2 Å². The number of unbranched alkanes of at least 4 members (excludes halogenated alkanes) is 1. The third kappa shape index (κ3) is 6.84. The van der Waals surface area contributed by atoms with Crippen molar-refractivity contribution in [3.63, 3.8) is 0 Å². The molecule has 0 bridgehead atoms. The van der Waals surface area contributed by atoms with E-state index in [-0.39, 0.29) is 11.1 Å². The van der Waals surface area contributed by atoms with Crippen LogP contribution < -0.4 is 0 Å². The number of halogens is 4. The van der Waals surface area contributed by atoms with Gasteiger partial charge in [-0.25, -0.2) is 13.2 Å². The van der Waals surface area contributed by atoms with Crippen LogP contribution in [-0.4, -0.2) is 16.9 Å². The quantitative estimate of drug-likeness (QED) is 0.232. The van der Waals surface area contributed by atoms with Gasteiger partial charge in [-0.15, -0.1) is 0 Å². The molecule has 2 aromatic carbocycles. The molecule has 0 spiro atoms. The summed E-state index contributed by atoms with van der Waals surface area (Å²) < 4.78 is 42.6. The number of hydrogen-bond donors (Lipinski definition) is 0. The molecule has 2 aliphatic heterocycles. The van der Waals surface area contributed by atoms with Gasteiger partial charge in [0.1, 0.15) is 22.5 Å². The Morgan fingerprint density at radius 2 is 1.60 bits per heavy atom. The maximum absolute atomic E-state index is 14.9. The molecule has 35 heavy (non-hydrogen) atoms. The minimum atomic E-state index is -0.916. The molecule has 192 valence electrons. The van der Waals surface area contributed by atoms with E-state index in [9.17, 15) is 13.2 Å². The van der Waals surface area contributed by atoms with Crippen LogP contribution >= 0.6 is 11.6 Å². The summed E-state index contributed by atoms with van der Waals surface area (Å²) in [5.74, 6) is -0.772. The van der Waals surface area contributed by atoms with Crippen molar-refractivity contribution in [1.29, 1.82) is 0 Å². The van der Waals surface area contributed by atoms with E-state index >= 15 is 0 Å². The smallest absolute Gasteiger partial charge is 0.145 e. The van der Waals surface area contributed by atoms with Gasteiger partial charge in [0, 0.05) is 14.4 Å². The molecule has 6 heteroatoms. The third-order valence-corrected chi connectivity index (χ3v) is 17.4.